The van der Waals surface area contributed by atoms with Gasteiger partial charge >= 0.3 is 11.9 Å². The topological polar surface area (TPSA) is 68.5 Å². The van der Waals surface area contributed by atoms with Gasteiger partial charge in [0.25, 0.3) is 5.95 Å². The van der Waals surface area contributed by atoms with Gasteiger partial charge in [0, 0.05) is 13.1 Å². The molecule has 88 valence electrons. The van der Waals surface area contributed by atoms with Gasteiger partial charge in [0.2, 0.25) is 0 Å². The lowest BCUT2D eigenvalue weighted by atomic mass is 10.1. The maximum atomic E-state index is 11.3. The Hall–Kier alpha value is -1.59. The molecule has 1 saturated heterocycles. The first-order valence-corrected chi connectivity index (χ1v) is 5.57. The molecule has 0 unspecified atom stereocenters. The molecule has 0 aliphatic carbocycles. The number of aromatic nitrogens is 2. The second kappa shape index (κ2) is 4.96. The van der Waals surface area contributed by atoms with Gasteiger partial charge in [-0.1, -0.05) is 0 Å². The van der Waals surface area contributed by atoms with Crippen LogP contribution in [0.2, 0.25) is 0 Å². The van der Waals surface area contributed by atoms with E-state index in [4.69, 9.17) is 9.26 Å². The summed E-state index contributed by atoms with van der Waals surface area (Å²) in [7, 11) is 0. The third-order valence-electron chi connectivity index (χ3n) is 2.50. The van der Waals surface area contributed by atoms with Crippen molar-refractivity contribution in [1.29, 1.82) is 0 Å². The number of hydrogen-bond acceptors (Lipinski definition) is 6. The lowest BCUT2D eigenvalue weighted by molar-refractivity contribution is 0.0470. The number of rotatable bonds is 3. The quantitative estimate of drug-likeness (QED) is 0.721. The van der Waals surface area contributed by atoms with Crippen LogP contribution < -0.4 is 4.90 Å². The van der Waals surface area contributed by atoms with E-state index >= 15 is 0 Å². The standard InChI is InChI=1S/C10H15N3O3/c1-2-15-9(14)8-11-10(12-16-8)13-6-4-3-5-7-13/h2-7H2,1H3. The fourth-order valence-corrected chi connectivity index (χ4v) is 1.71. The molecule has 0 spiro atoms. The summed E-state index contributed by atoms with van der Waals surface area (Å²) in [6.45, 7) is 3.88. The first-order valence-electron chi connectivity index (χ1n) is 5.57. The van der Waals surface area contributed by atoms with Crippen molar-refractivity contribution in [3.63, 3.8) is 0 Å². The molecule has 1 aliphatic heterocycles. The highest BCUT2D eigenvalue weighted by Gasteiger charge is 2.20. The normalized spacial score (nSPS) is 16.2. The van der Waals surface area contributed by atoms with Crippen molar-refractivity contribution in [2.45, 2.75) is 26.2 Å². The van der Waals surface area contributed by atoms with Crippen molar-refractivity contribution in [1.82, 2.24) is 10.1 Å². The zero-order valence-corrected chi connectivity index (χ0v) is 9.31. The van der Waals surface area contributed by atoms with Crippen molar-refractivity contribution in [3.8, 4) is 0 Å². The molecule has 2 heterocycles. The van der Waals surface area contributed by atoms with Crippen LogP contribution in [0.5, 0.6) is 0 Å². The smallest absolute Gasteiger partial charge is 0.397 e. The Morgan fingerprint density at radius 2 is 2.19 bits per heavy atom. The number of piperidine rings is 1. The third kappa shape index (κ3) is 2.32. The molecule has 0 amide bonds. The zero-order chi connectivity index (χ0) is 11.4. The summed E-state index contributed by atoms with van der Waals surface area (Å²) in [6, 6.07) is 0. The molecule has 16 heavy (non-hydrogen) atoms. The number of anilines is 1. The molecule has 1 aromatic heterocycles. The van der Waals surface area contributed by atoms with E-state index in [-0.39, 0.29) is 5.89 Å². The molecule has 0 saturated carbocycles. The fourth-order valence-electron chi connectivity index (χ4n) is 1.71. The van der Waals surface area contributed by atoms with Gasteiger partial charge in [0.1, 0.15) is 0 Å². The summed E-state index contributed by atoms with van der Waals surface area (Å²) in [6.07, 6.45) is 3.49. The molecule has 0 N–H and O–H groups in total. The number of ether oxygens (including phenoxy) is 1. The largest absolute Gasteiger partial charge is 0.459 e. The van der Waals surface area contributed by atoms with Crippen LogP contribution in [-0.2, 0) is 4.74 Å². The average Bonchev–Trinajstić information content (AvgIpc) is 2.80. The van der Waals surface area contributed by atoms with Gasteiger partial charge in [-0.15, -0.1) is 0 Å². The fraction of sp³-hybridized carbons (Fsp3) is 0.700. The van der Waals surface area contributed by atoms with Crippen LogP contribution in [0.25, 0.3) is 0 Å². The molecule has 0 aromatic carbocycles. The summed E-state index contributed by atoms with van der Waals surface area (Å²) in [5, 5.41) is 3.78. The molecule has 1 fully saturated rings. The average molecular weight is 225 g/mol. The molecule has 0 atom stereocenters. The number of hydrogen-bond donors (Lipinski definition) is 0. The number of nitrogens with zero attached hydrogens (tertiary/aromatic N) is 3. The van der Waals surface area contributed by atoms with Crippen molar-refractivity contribution in [2.75, 3.05) is 24.6 Å². The summed E-state index contributed by atoms with van der Waals surface area (Å²) < 4.78 is 9.63. The zero-order valence-electron chi connectivity index (χ0n) is 9.31. The first-order chi connectivity index (χ1) is 7.81. The van der Waals surface area contributed by atoms with Crippen molar-refractivity contribution in [3.05, 3.63) is 5.89 Å². The summed E-state index contributed by atoms with van der Waals surface area (Å²) in [5.74, 6) is -0.136. The van der Waals surface area contributed by atoms with Crippen LogP contribution in [0.3, 0.4) is 0 Å². The monoisotopic (exact) mass is 225 g/mol. The van der Waals surface area contributed by atoms with Crippen LogP contribution in [0, 0.1) is 0 Å². The maximum Gasteiger partial charge on any atom is 0.397 e. The highest BCUT2D eigenvalue weighted by molar-refractivity contribution is 5.84. The van der Waals surface area contributed by atoms with Gasteiger partial charge in [-0.05, 0) is 31.3 Å². The SMILES string of the molecule is CCOC(=O)c1nc(N2CCCCC2)no1. The molecule has 6 nitrogen and oxygen atoms in total. The summed E-state index contributed by atoms with van der Waals surface area (Å²) >= 11 is 0. The van der Waals surface area contributed by atoms with Gasteiger partial charge < -0.3 is 14.2 Å². The number of carbonyl (C=O) groups excluding carboxylic acids is 1. The van der Waals surface area contributed by atoms with E-state index in [0.29, 0.717) is 12.6 Å². The Morgan fingerprint density at radius 1 is 1.44 bits per heavy atom. The van der Waals surface area contributed by atoms with Crippen molar-refractivity contribution in [2.24, 2.45) is 0 Å². The minimum atomic E-state index is -0.557. The highest BCUT2D eigenvalue weighted by Crippen LogP contribution is 2.16. The van der Waals surface area contributed by atoms with Gasteiger partial charge in [-0.3, -0.25) is 0 Å². The molecule has 2 rings (SSSR count). The Morgan fingerprint density at radius 3 is 2.88 bits per heavy atom. The molecule has 1 aliphatic rings. The molecule has 1 aromatic rings. The number of carbonyl (C=O) groups is 1. The highest BCUT2D eigenvalue weighted by atomic mass is 16.6. The van der Waals surface area contributed by atoms with Gasteiger partial charge in [0.05, 0.1) is 6.61 Å². The van der Waals surface area contributed by atoms with E-state index in [2.05, 4.69) is 10.1 Å². The molecular formula is C10H15N3O3. The molecule has 6 heteroatoms. The third-order valence-corrected chi connectivity index (χ3v) is 2.50. The van der Waals surface area contributed by atoms with Gasteiger partial charge in [-0.25, -0.2) is 4.79 Å². The van der Waals surface area contributed by atoms with E-state index in [1.54, 1.807) is 6.92 Å². The van der Waals surface area contributed by atoms with Gasteiger partial charge in [-0.2, -0.15) is 4.98 Å². The Labute approximate surface area is 93.6 Å². The van der Waals surface area contributed by atoms with Crippen LogP contribution >= 0.6 is 0 Å². The van der Waals surface area contributed by atoms with Crippen molar-refractivity contribution >= 4 is 11.9 Å². The number of esters is 1. The molecular weight excluding hydrogens is 210 g/mol. The Kier molecular flexibility index (Phi) is 3.38. The van der Waals surface area contributed by atoms with E-state index in [9.17, 15) is 4.79 Å². The Bertz CT molecular complexity index is 358. The summed E-state index contributed by atoms with van der Waals surface area (Å²) in [5.41, 5.74) is 0. The van der Waals surface area contributed by atoms with E-state index in [1.807, 2.05) is 4.90 Å². The van der Waals surface area contributed by atoms with Crippen LogP contribution in [0.4, 0.5) is 5.95 Å². The van der Waals surface area contributed by atoms with E-state index < -0.39 is 5.97 Å². The van der Waals surface area contributed by atoms with Crippen molar-refractivity contribution < 1.29 is 14.1 Å². The minimum absolute atomic E-state index is 0.0672. The maximum absolute atomic E-state index is 11.3. The first kappa shape index (κ1) is 10.9. The lowest BCUT2D eigenvalue weighted by Crippen LogP contribution is -2.30. The lowest BCUT2D eigenvalue weighted by Gasteiger charge is -2.24. The van der Waals surface area contributed by atoms with E-state index in [0.717, 1.165) is 25.9 Å². The van der Waals surface area contributed by atoms with Gasteiger partial charge in [0.15, 0.2) is 0 Å². The van der Waals surface area contributed by atoms with Crippen LogP contribution in [0.15, 0.2) is 4.52 Å². The molecule has 0 radical (unpaired) electrons. The van der Waals surface area contributed by atoms with Crippen LogP contribution in [0.1, 0.15) is 36.9 Å². The second-order valence-electron chi connectivity index (χ2n) is 3.67. The second-order valence-corrected chi connectivity index (χ2v) is 3.67. The van der Waals surface area contributed by atoms with E-state index in [1.165, 1.54) is 6.42 Å². The van der Waals surface area contributed by atoms with Crippen LogP contribution in [-0.4, -0.2) is 35.8 Å². The predicted octanol–water partition coefficient (Wildman–Crippen LogP) is 1.24. The molecule has 0 bridgehead atoms. The minimum Gasteiger partial charge on any atom is -0.459 e. The predicted molar refractivity (Wildman–Crippen MR) is 56.3 cm³/mol. The summed E-state index contributed by atoms with van der Waals surface area (Å²) in [4.78, 5) is 17.4. The Balaban J connectivity index is 2.03.